The third-order valence-corrected chi connectivity index (χ3v) is 3.88. The van der Waals surface area contributed by atoms with Crippen molar-refractivity contribution in [3.05, 3.63) is 35.4 Å². The van der Waals surface area contributed by atoms with E-state index in [0.717, 1.165) is 30.5 Å². The van der Waals surface area contributed by atoms with E-state index in [4.69, 9.17) is 0 Å². The van der Waals surface area contributed by atoms with Crippen LogP contribution in [-0.4, -0.2) is 36.8 Å². The standard InChI is InChI=1S/C16H23F3N2/c1-3-20-15(14-7-5-4-6-12(14)2)10-21(13-8-9-13)11-16(17,18)19/h4-7,13,15,20H,3,8-11H2,1-2H3. The van der Waals surface area contributed by atoms with Crippen LogP contribution in [0.2, 0.25) is 0 Å². The molecule has 1 fully saturated rings. The zero-order chi connectivity index (χ0) is 15.5. The monoisotopic (exact) mass is 300 g/mol. The van der Waals surface area contributed by atoms with Crippen LogP contribution in [0.3, 0.4) is 0 Å². The molecule has 1 N–H and O–H groups in total. The topological polar surface area (TPSA) is 15.3 Å². The molecule has 0 saturated heterocycles. The maximum Gasteiger partial charge on any atom is 0.401 e. The van der Waals surface area contributed by atoms with Crippen molar-refractivity contribution < 1.29 is 13.2 Å². The van der Waals surface area contributed by atoms with Crippen LogP contribution in [0.25, 0.3) is 0 Å². The Hall–Kier alpha value is -1.07. The molecule has 1 atom stereocenters. The highest BCUT2D eigenvalue weighted by Gasteiger charge is 2.38. The smallest absolute Gasteiger partial charge is 0.309 e. The summed E-state index contributed by atoms with van der Waals surface area (Å²) in [6, 6.07) is 7.94. The summed E-state index contributed by atoms with van der Waals surface area (Å²) < 4.78 is 38.2. The number of benzene rings is 1. The van der Waals surface area contributed by atoms with Crippen LogP contribution in [0.5, 0.6) is 0 Å². The fraction of sp³-hybridized carbons (Fsp3) is 0.625. The lowest BCUT2D eigenvalue weighted by Gasteiger charge is -2.29. The van der Waals surface area contributed by atoms with Crippen molar-refractivity contribution in [1.82, 2.24) is 10.2 Å². The Labute approximate surface area is 124 Å². The number of hydrogen-bond acceptors (Lipinski definition) is 2. The zero-order valence-electron chi connectivity index (χ0n) is 12.6. The highest BCUT2D eigenvalue weighted by Crippen LogP contribution is 2.32. The molecule has 0 amide bonds. The highest BCUT2D eigenvalue weighted by molar-refractivity contribution is 5.29. The summed E-state index contributed by atoms with van der Waals surface area (Å²) in [6.07, 6.45) is -2.38. The van der Waals surface area contributed by atoms with Crippen LogP contribution < -0.4 is 5.32 Å². The fourth-order valence-corrected chi connectivity index (χ4v) is 2.74. The van der Waals surface area contributed by atoms with Gasteiger partial charge >= 0.3 is 6.18 Å². The number of nitrogens with one attached hydrogen (secondary N) is 1. The fourth-order valence-electron chi connectivity index (χ4n) is 2.74. The molecule has 118 valence electrons. The van der Waals surface area contributed by atoms with E-state index in [1.54, 1.807) is 4.90 Å². The number of nitrogens with zero attached hydrogens (tertiary/aromatic N) is 1. The number of likely N-dealkylation sites (N-methyl/N-ethyl adjacent to an activating group) is 1. The van der Waals surface area contributed by atoms with Gasteiger partial charge in [-0.15, -0.1) is 0 Å². The first-order chi connectivity index (χ1) is 9.90. The predicted octanol–water partition coefficient (Wildman–Crippen LogP) is 3.67. The first-order valence-corrected chi connectivity index (χ1v) is 7.50. The summed E-state index contributed by atoms with van der Waals surface area (Å²) >= 11 is 0. The van der Waals surface area contributed by atoms with Gasteiger partial charge in [-0.3, -0.25) is 4.90 Å². The van der Waals surface area contributed by atoms with Gasteiger partial charge < -0.3 is 5.32 Å². The molecule has 2 nitrogen and oxygen atoms in total. The second kappa shape index (κ2) is 6.79. The van der Waals surface area contributed by atoms with Gasteiger partial charge in [-0.05, 0) is 37.4 Å². The molecular weight excluding hydrogens is 277 g/mol. The molecule has 5 heteroatoms. The van der Waals surface area contributed by atoms with Crippen molar-refractivity contribution in [2.75, 3.05) is 19.6 Å². The molecule has 0 radical (unpaired) electrons. The Kier molecular flexibility index (Phi) is 5.27. The lowest BCUT2D eigenvalue weighted by molar-refractivity contribution is -0.147. The van der Waals surface area contributed by atoms with Gasteiger partial charge in [-0.1, -0.05) is 31.2 Å². The largest absolute Gasteiger partial charge is 0.401 e. The number of halogens is 3. The van der Waals surface area contributed by atoms with Crippen molar-refractivity contribution in [2.24, 2.45) is 0 Å². The highest BCUT2D eigenvalue weighted by atomic mass is 19.4. The molecule has 1 aromatic carbocycles. The summed E-state index contributed by atoms with van der Waals surface area (Å²) in [6.45, 7) is 4.32. The second-order valence-corrected chi connectivity index (χ2v) is 5.74. The number of hydrogen-bond donors (Lipinski definition) is 1. The summed E-state index contributed by atoms with van der Waals surface area (Å²) in [5.41, 5.74) is 2.21. The van der Waals surface area contributed by atoms with E-state index >= 15 is 0 Å². The minimum atomic E-state index is -4.13. The van der Waals surface area contributed by atoms with Crippen molar-refractivity contribution in [1.29, 1.82) is 0 Å². The van der Waals surface area contributed by atoms with Crippen LogP contribution in [-0.2, 0) is 0 Å². The van der Waals surface area contributed by atoms with E-state index in [1.807, 2.05) is 38.1 Å². The van der Waals surface area contributed by atoms with Crippen LogP contribution >= 0.6 is 0 Å². The van der Waals surface area contributed by atoms with Gasteiger partial charge in [0.15, 0.2) is 0 Å². The van der Waals surface area contributed by atoms with Gasteiger partial charge in [0.1, 0.15) is 0 Å². The van der Waals surface area contributed by atoms with Crippen LogP contribution in [0, 0.1) is 6.92 Å². The molecule has 1 aliphatic rings. The third-order valence-electron chi connectivity index (χ3n) is 3.88. The van der Waals surface area contributed by atoms with Crippen molar-refractivity contribution >= 4 is 0 Å². The van der Waals surface area contributed by atoms with Gasteiger partial charge in [0.05, 0.1) is 6.54 Å². The Balaban J connectivity index is 2.12. The Morgan fingerprint density at radius 2 is 1.95 bits per heavy atom. The molecule has 0 aromatic heterocycles. The van der Waals surface area contributed by atoms with Gasteiger partial charge in [0.25, 0.3) is 0 Å². The first-order valence-electron chi connectivity index (χ1n) is 7.50. The van der Waals surface area contributed by atoms with Gasteiger partial charge in [0.2, 0.25) is 0 Å². The Bertz CT molecular complexity index is 455. The van der Waals surface area contributed by atoms with Gasteiger partial charge in [-0.25, -0.2) is 0 Å². The van der Waals surface area contributed by atoms with Crippen molar-refractivity contribution in [2.45, 2.75) is 44.9 Å². The molecule has 1 saturated carbocycles. The van der Waals surface area contributed by atoms with Crippen molar-refractivity contribution in [3.63, 3.8) is 0 Å². The maximum absolute atomic E-state index is 12.7. The van der Waals surface area contributed by atoms with Gasteiger partial charge in [0, 0.05) is 18.6 Å². The number of alkyl halides is 3. The van der Waals surface area contributed by atoms with E-state index < -0.39 is 12.7 Å². The number of rotatable bonds is 7. The van der Waals surface area contributed by atoms with E-state index in [-0.39, 0.29) is 12.1 Å². The first kappa shape index (κ1) is 16.3. The molecule has 0 bridgehead atoms. The van der Waals surface area contributed by atoms with Crippen LogP contribution in [0.4, 0.5) is 13.2 Å². The molecular formula is C16H23F3N2. The van der Waals surface area contributed by atoms with E-state index in [2.05, 4.69) is 5.32 Å². The quantitative estimate of drug-likeness (QED) is 0.826. The minimum absolute atomic E-state index is 0.0563. The molecule has 1 unspecified atom stereocenters. The molecule has 1 aromatic rings. The van der Waals surface area contributed by atoms with Crippen LogP contribution in [0.1, 0.15) is 36.9 Å². The third kappa shape index (κ3) is 5.00. The maximum atomic E-state index is 12.7. The molecule has 21 heavy (non-hydrogen) atoms. The Morgan fingerprint density at radius 3 is 2.48 bits per heavy atom. The molecule has 2 rings (SSSR count). The molecule has 0 aliphatic heterocycles. The summed E-state index contributed by atoms with van der Waals surface area (Å²) in [5.74, 6) is 0. The summed E-state index contributed by atoms with van der Waals surface area (Å²) in [7, 11) is 0. The predicted molar refractivity (Wildman–Crippen MR) is 78.2 cm³/mol. The normalized spacial score (nSPS) is 17.2. The van der Waals surface area contributed by atoms with E-state index in [0.29, 0.717) is 6.54 Å². The molecule has 0 spiro atoms. The van der Waals surface area contributed by atoms with E-state index in [9.17, 15) is 13.2 Å². The molecule has 1 aliphatic carbocycles. The average molecular weight is 300 g/mol. The average Bonchev–Trinajstić information content (AvgIpc) is 3.20. The lowest BCUT2D eigenvalue weighted by atomic mass is 10.0. The van der Waals surface area contributed by atoms with E-state index in [1.165, 1.54) is 0 Å². The lowest BCUT2D eigenvalue weighted by Crippen LogP contribution is -2.41. The molecule has 0 heterocycles. The summed E-state index contributed by atoms with van der Waals surface area (Å²) in [5, 5.41) is 3.33. The summed E-state index contributed by atoms with van der Waals surface area (Å²) in [4.78, 5) is 1.58. The van der Waals surface area contributed by atoms with Crippen LogP contribution in [0.15, 0.2) is 24.3 Å². The second-order valence-electron chi connectivity index (χ2n) is 5.74. The number of aryl methyl sites for hydroxylation is 1. The Morgan fingerprint density at radius 1 is 1.29 bits per heavy atom. The SMILES string of the molecule is CCNC(CN(CC(F)(F)F)C1CC1)c1ccccc1C. The van der Waals surface area contributed by atoms with Gasteiger partial charge in [-0.2, -0.15) is 13.2 Å². The minimum Gasteiger partial charge on any atom is -0.309 e. The van der Waals surface area contributed by atoms with Crippen molar-refractivity contribution in [3.8, 4) is 0 Å². The zero-order valence-corrected chi connectivity index (χ0v) is 12.6.